The lowest BCUT2D eigenvalue weighted by Crippen LogP contribution is -2.64. The third-order valence-corrected chi connectivity index (χ3v) is 13.5. The maximum Gasteiger partial charge on any atom is 0.472 e. The molecule has 1 aliphatic carbocycles. The van der Waals surface area contributed by atoms with Gasteiger partial charge in [0.25, 0.3) is 0 Å². The minimum absolute atomic E-state index is 0.0965. The van der Waals surface area contributed by atoms with Crippen LogP contribution in [0.5, 0.6) is 0 Å². The number of esters is 2. The first-order chi connectivity index (χ1) is 32.4. The maximum absolute atomic E-state index is 12.9. The molecular weight excluding hydrogens is 876 g/mol. The van der Waals surface area contributed by atoms with E-state index < -0.39 is 75.7 Å². The maximum atomic E-state index is 12.9. The number of aliphatic hydroxyl groups excluding tert-OH is 5. The summed E-state index contributed by atoms with van der Waals surface area (Å²) in [6.45, 7) is 3.21. The molecule has 392 valence electrons. The second-order valence-electron chi connectivity index (χ2n) is 18.7. The van der Waals surface area contributed by atoms with Gasteiger partial charge in [0.1, 0.15) is 43.2 Å². The van der Waals surface area contributed by atoms with Crippen LogP contribution in [0.25, 0.3) is 0 Å². The third-order valence-electron chi connectivity index (χ3n) is 12.5. The molecule has 8 atom stereocenters. The number of rotatable bonds is 45. The van der Waals surface area contributed by atoms with Gasteiger partial charge in [-0.1, -0.05) is 211 Å². The SMILES string of the molecule is CC/C=C/C/C=C/C/C=C/CCCCCCCC(=O)OC[C@H](COP(=O)(O)OC1C(O)C(O)C(O)[C@@H](O)C1O)OC(=O)CCCCCCCCCCCCCCCCCCCCCCCCC. The van der Waals surface area contributed by atoms with Crippen LogP contribution < -0.4 is 0 Å². The molecule has 0 saturated heterocycles. The lowest BCUT2D eigenvalue weighted by atomic mass is 9.85. The molecule has 6 N–H and O–H groups in total. The van der Waals surface area contributed by atoms with E-state index in [1.165, 1.54) is 122 Å². The Morgan fingerprint density at radius 3 is 1.30 bits per heavy atom. The molecule has 0 heterocycles. The molecule has 0 aromatic carbocycles. The van der Waals surface area contributed by atoms with Gasteiger partial charge in [-0.15, -0.1) is 0 Å². The highest BCUT2D eigenvalue weighted by atomic mass is 31.2. The van der Waals surface area contributed by atoms with Crippen LogP contribution in [0.3, 0.4) is 0 Å². The third kappa shape index (κ3) is 34.9. The second-order valence-corrected chi connectivity index (χ2v) is 20.1. The fourth-order valence-electron chi connectivity index (χ4n) is 8.25. The molecule has 14 heteroatoms. The number of phosphoric acid groups is 1. The minimum atomic E-state index is -5.13. The van der Waals surface area contributed by atoms with Crippen molar-refractivity contribution in [1.82, 2.24) is 0 Å². The molecule has 0 bridgehead atoms. The van der Waals surface area contributed by atoms with Crippen LogP contribution in [0.2, 0.25) is 0 Å². The predicted molar refractivity (Wildman–Crippen MR) is 267 cm³/mol. The molecule has 0 aromatic heterocycles. The number of phosphoric ester groups is 1. The van der Waals surface area contributed by atoms with Crippen LogP contribution in [-0.4, -0.2) is 98.3 Å². The Labute approximate surface area is 406 Å². The summed E-state index contributed by atoms with van der Waals surface area (Å²) in [4.78, 5) is 35.8. The van der Waals surface area contributed by atoms with Gasteiger partial charge in [0.05, 0.1) is 6.61 Å². The van der Waals surface area contributed by atoms with Crippen molar-refractivity contribution in [2.75, 3.05) is 13.2 Å². The summed E-state index contributed by atoms with van der Waals surface area (Å²) in [5, 5.41) is 50.3. The number of allylic oxidation sites excluding steroid dienone is 6. The van der Waals surface area contributed by atoms with E-state index in [2.05, 4.69) is 50.3 Å². The van der Waals surface area contributed by atoms with Crippen LogP contribution in [-0.2, 0) is 32.7 Å². The number of ether oxygens (including phenoxy) is 2. The molecule has 13 nitrogen and oxygen atoms in total. The molecule has 1 rings (SSSR count). The molecule has 0 aliphatic heterocycles. The second kappa shape index (κ2) is 42.9. The summed E-state index contributed by atoms with van der Waals surface area (Å²) < 4.78 is 33.6. The van der Waals surface area contributed by atoms with Gasteiger partial charge in [-0.05, 0) is 44.9 Å². The Kier molecular flexibility index (Phi) is 40.4. The summed E-state index contributed by atoms with van der Waals surface area (Å²) in [7, 11) is -5.13. The first-order valence-electron chi connectivity index (χ1n) is 26.8. The zero-order valence-electron chi connectivity index (χ0n) is 41.9. The van der Waals surface area contributed by atoms with Crippen LogP contribution >= 0.6 is 7.82 Å². The number of hydrogen-bond donors (Lipinski definition) is 6. The van der Waals surface area contributed by atoms with E-state index in [9.17, 15) is 44.6 Å². The monoisotopic (exact) mass is 973 g/mol. The summed E-state index contributed by atoms with van der Waals surface area (Å²) >= 11 is 0. The van der Waals surface area contributed by atoms with Crippen LogP contribution in [0, 0.1) is 0 Å². The molecule has 1 fully saturated rings. The summed E-state index contributed by atoms with van der Waals surface area (Å²) in [5.41, 5.74) is 0. The van der Waals surface area contributed by atoms with Crippen molar-refractivity contribution in [3.63, 3.8) is 0 Å². The van der Waals surface area contributed by atoms with E-state index in [4.69, 9.17) is 18.5 Å². The van der Waals surface area contributed by atoms with Gasteiger partial charge in [0, 0.05) is 12.8 Å². The average Bonchev–Trinajstić information content (AvgIpc) is 3.31. The van der Waals surface area contributed by atoms with Crippen molar-refractivity contribution in [2.45, 2.75) is 275 Å². The van der Waals surface area contributed by atoms with Crippen molar-refractivity contribution in [3.05, 3.63) is 36.5 Å². The predicted octanol–water partition coefficient (Wildman–Crippen LogP) is 11.7. The van der Waals surface area contributed by atoms with Crippen molar-refractivity contribution >= 4 is 19.8 Å². The highest BCUT2D eigenvalue weighted by Crippen LogP contribution is 2.47. The van der Waals surface area contributed by atoms with Crippen molar-refractivity contribution in [2.24, 2.45) is 0 Å². The number of carbonyl (C=O) groups is 2. The lowest BCUT2D eigenvalue weighted by Gasteiger charge is -2.41. The van der Waals surface area contributed by atoms with E-state index in [0.717, 1.165) is 70.6 Å². The van der Waals surface area contributed by atoms with Gasteiger partial charge in [0.15, 0.2) is 6.10 Å². The Morgan fingerprint density at radius 2 is 0.851 bits per heavy atom. The number of carbonyl (C=O) groups excluding carboxylic acids is 2. The zero-order valence-corrected chi connectivity index (χ0v) is 42.8. The smallest absolute Gasteiger partial charge is 0.462 e. The quantitative estimate of drug-likeness (QED) is 0.0145. The van der Waals surface area contributed by atoms with Gasteiger partial charge in [-0.3, -0.25) is 18.6 Å². The van der Waals surface area contributed by atoms with E-state index in [1.807, 2.05) is 0 Å². The first kappa shape index (κ1) is 63.1. The van der Waals surface area contributed by atoms with Crippen LogP contribution in [0.4, 0.5) is 0 Å². The Morgan fingerprint density at radius 1 is 0.478 bits per heavy atom. The number of hydrogen-bond acceptors (Lipinski definition) is 12. The standard InChI is InChI=1S/C53H97O13P/c1-3-5-7-9-11-13-15-17-19-20-21-22-23-24-25-26-28-30-32-34-36-38-40-42-47(55)65-45(44-64-67(61,62)66-53-51(59)49(57)48(56)50(58)52(53)60)43-63-46(54)41-39-37-35-33-31-29-27-18-16-14-12-10-8-6-4-2/h6,8,12,14,18,27,45,48-53,56-60H,3-5,7,9-11,13,15-17,19-26,28-44H2,1-2H3,(H,61,62)/b8-6+,14-12+,27-18+/t45-,48?,49-,50?,51?,52?,53?/m1/s1. The molecular formula is C53H97O13P. The van der Waals surface area contributed by atoms with Crippen LogP contribution in [0.15, 0.2) is 36.5 Å². The van der Waals surface area contributed by atoms with E-state index in [-0.39, 0.29) is 12.8 Å². The summed E-state index contributed by atoms with van der Waals surface area (Å²) in [5.74, 6) is -1.11. The van der Waals surface area contributed by atoms with Crippen LogP contribution in [0.1, 0.15) is 232 Å². The summed E-state index contributed by atoms with van der Waals surface area (Å²) in [6, 6.07) is 0. The Bertz CT molecular complexity index is 1310. The molecule has 0 spiro atoms. The van der Waals surface area contributed by atoms with Crippen molar-refractivity contribution < 1.29 is 63.1 Å². The van der Waals surface area contributed by atoms with E-state index in [1.54, 1.807) is 0 Å². The fourth-order valence-corrected chi connectivity index (χ4v) is 9.22. The normalized spacial score (nSPS) is 21.4. The molecule has 0 amide bonds. The molecule has 67 heavy (non-hydrogen) atoms. The number of aliphatic hydroxyl groups is 5. The van der Waals surface area contributed by atoms with Gasteiger partial charge in [-0.25, -0.2) is 4.57 Å². The topological polar surface area (TPSA) is 210 Å². The molecule has 1 aliphatic rings. The number of unbranched alkanes of at least 4 members (excludes halogenated alkanes) is 27. The van der Waals surface area contributed by atoms with Gasteiger partial charge < -0.3 is 39.9 Å². The van der Waals surface area contributed by atoms with Gasteiger partial charge >= 0.3 is 19.8 Å². The Balaban J connectivity index is 2.35. The minimum Gasteiger partial charge on any atom is -0.462 e. The highest BCUT2D eigenvalue weighted by molar-refractivity contribution is 7.47. The molecule has 1 saturated carbocycles. The Hall–Kier alpha value is -1.93. The zero-order chi connectivity index (χ0) is 49.2. The van der Waals surface area contributed by atoms with Crippen molar-refractivity contribution in [1.29, 1.82) is 0 Å². The molecule has 0 radical (unpaired) electrons. The molecule has 0 aromatic rings. The van der Waals surface area contributed by atoms with Gasteiger partial charge in [-0.2, -0.15) is 0 Å². The van der Waals surface area contributed by atoms with Gasteiger partial charge in [0.2, 0.25) is 0 Å². The highest BCUT2D eigenvalue weighted by Gasteiger charge is 2.51. The average molecular weight is 973 g/mol. The largest absolute Gasteiger partial charge is 0.472 e. The first-order valence-corrected chi connectivity index (χ1v) is 28.3. The lowest BCUT2D eigenvalue weighted by molar-refractivity contribution is -0.220. The van der Waals surface area contributed by atoms with E-state index >= 15 is 0 Å². The molecule has 6 unspecified atom stereocenters. The van der Waals surface area contributed by atoms with Crippen molar-refractivity contribution in [3.8, 4) is 0 Å². The summed E-state index contributed by atoms with van der Waals surface area (Å²) in [6.07, 6.45) is 37.7. The fraction of sp³-hybridized carbons (Fsp3) is 0.849. The van der Waals surface area contributed by atoms with E-state index in [0.29, 0.717) is 12.8 Å².